The van der Waals surface area contributed by atoms with Gasteiger partial charge in [-0.2, -0.15) is 0 Å². The van der Waals surface area contributed by atoms with Gasteiger partial charge in [-0.3, -0.25) is 0 Å². The van der Waals surface area contributed by atoms with Crippen LogP contribution in [-0.4, -0.2) is 22.4 Å². The van der Waals surface area contributed by atoms with Gasteiger partial charge >= 0.3 is 0 Å². The van der Waals surface area contributed by atoms with E-state index in [1.165, 1.54) is 12.1 Å². The molecular weight excluding hydrogens is 235 g/mol. The van der Waals surface area contributed by atoms with Crippen molar-refractivity contribution in [2.45, 2.75) is 44.3 Å². The van der Waals surface area contributed by atoms with E-state index in [-0.39, 0.29) is 19.0 Å². The Morgan fingerprint density at radius 1 is 1.22 bits per heavy atom. The molecule has 0 atom stereocenters. The molecule has 0 bridgehead atoms. The molecule has 1 fully saturated rings. The fraction of sp³-hybridized carbons (Fsp3) is 0.571. The third-order valence-electron chi connectivity index (χ3n) is 3.49. The standard InChI is InChI=1S/C14H19FO3/c15-12-6-4-5-11(9-16)13(12)18-10-14(17)7-2-1-3-8-14/h4-6,16-17H,1-3,7-10H2. The van der Waals surface area contributed by atoms with Gasteiger partial charge in [0.2, 0.25) is 0 Å². The van der Waals surface area contributed by atoms with Crippen LogP contribution < -0.4 is 4.74 Å². The van der Waals surface area contributed by atoms with Gasteiger partial charge in [-0.05, 0) is 18.9 Å². The topological polar surface area (TPSA) is 49.7 Å². The Kier molecular flexibility index (Phi) is 4.19. The van der Waals surface area contributed by atoms with E-state index in [0.29, 0.717) is 18.4 Å². The normalized spacial score (nSPS) is 18.6. The average Bonchev–Trinajstić information content (AvgIpc) is 2.38. The van der Waals surface area contributed by atoms with Crippen molar-refractivity contribution in [1.82, 2.24) is 0 Å². The summed E-state index contributed by atoms with van der Waals surface area (Å²) in [6.07, 6.45) is 4.46. The number of aliphatic hydroxyl groups excluding tert-OH is 1. The summed E-state index contributed by atoms with van der Waals surface area (Å²) in [6, 6.07) is 4.44. The third-order valence-corrected chi connectivity index (χ3v) is 3.49. The number of aliphatic hydroxyl groups is 2. The Morgan fingerprint density at radius 2 is 1.94 bits per heavy atom. The average molecular weight is 254 g/mol. The number of hydrogen-bond acceptors (Lipinski definition) is 3. The van der Waals surface area contributed by atoms with Crippen LogP contribution in [0.15, 0.2) is 18.2 Å². The zero-order chi connectivity index (χ0) is 13.0. The molecule has 0 aliphatic heterocycles. The molecule has 100 valence electrons. The maximum Gasteiger partial charge on any atom is 0.165 e. The minimum Gasteiger partial charge on any atom is -0.487 e. The quantitative estimate of drug-likeness (QED) is 0.867. The van der Waals surface area contributed by atoms with E-state index in [0.717, 1.165) is 19.3 Å². The molecule has 0 aromatic heterocycles. The van der Waals surface area contributed by atoms with Gasteiger partial charge in [0, 0.05) is 5.56 Å². The van der Waals surface area contributed by atoms with Gasteiger partial charge in [-0.25, -0.2) is 4.39 Å². The molecule has 1 aromatic rings. The molecule has 0 amide bonds. The largest absolute Gasteiger partial charge is 0.487 e. The van der Waals surface area contributed by atoms with Crippen molar-refractivity contribution in [3.8, 4) is 5.75 Å². The predicted molar refractivity (Wildman–Crippen MR) is 65.9 cm³/mol. The van der Waals surface area contributed by atoms with Crippen LogP contribution in [0.25, 0.3) is 0 Å². The lowest BCUT2D eigenvalue weighted by Gasteiger charge is -2.32. The molecule has 3 nitrogen and oxygen atoms in total. The van der Waals surface area contributed by atoms with Crippen molar-refractivity contribution in [2.75, 3.05) is 6.61 Å². The van der Waals surface area contributed by atoms with Gasteiger partial charge in [-0.15, -0.1) is 0 Å². The van der Waals surface area contributed by atoms with Crippen molar-refractivity contribution < 1.29 is 19.3 Å². The van der Waals surface area contributed by atoms with Crippen LogP contribution in [0.2, 0.25) is 0 Å². The number of para-hydroxylation sites is 1. The first kappa shape index (κ1) is 13.3. The highest BCUT2D eigenvalue weighted by atomic mass is 19.1. The number of hydrogen-bond donors (Lipinski definition) is 2. The molecule has 1 aromatic carbocycles. The first-order chi connectivity index (χ1) is 8.64. The van der Waals surface area contributed by atoms with Gasteiger partial charge < -0.3 is 14.9 Å². The van der Waals surface area contributed by atoms with E-state index in [1.54, 1.807) is 6.07 Å². The van der Waals surface area contributed by atoms with E-state index in [9.17, 15) is 9.50 Å². The Morgan fingerprint density at radius 3 is 2.61 bits per heavy atom. The minimum atomic E-state index is -0.854. The summed E-state index contributed by atoms with van der Waals surface area (Å²) >= 11 is 0. The lowest BCUT2D eigenvalue weighted by Crippen LogP contribution is -2.38. The lowest BCUT2D eigenvalue weighted by molar-refractivity contribution is -0.0351. The highest BCUT2D eigenvalue weighted by molar-refractivity contribution is 5.34. The molecule has 0 spiro atoms. The smallest absolute Gasteiger partial charge is 0.165 e. The first-order valence-electron chi connectivity index (χ1n) is 6.38. The SMILES string of the molecule is OCc1cccc(F)c1OCC1(O)CCCCC1. The van der Waals surface area contributed by atoms with Crippen molar-refractivity contribution in [3.05, 3.63) is 29.6 Å². The zero-order valence-electron chi connectivity index (χ0n) is 10.4. The summed E-state index contributed by atoms with van der Waals surface area (Å²) in [5, 5.41) is 19.4. The molecule has 2 rings (SSSR count). The zero-order valence-corrected chi connectivity index (χ0v) is 10.4. The molecule has 0 radical (unpaired) electrons. The van der Waals surface area contributed by atoms with Gasteiger partial charge in [0.1, 0.15) is 6.61 Å². The van der Waals surface area contributed by atoms with Crippen molar-refractivity contribution in [3.63, 3.8) is 0 Å². The predicted octanol–water partition coefficient (Wildman–Crippen LogP) is 2.39. The minimum absolute atomic E-state index is 0.0546. The molecule has 4 heteroatoms. The second-order valence-corrected chi connectivity index (χ2v) is 4.96. The summed E-state index contributed by atoms with van der Waals surface area (Å²) < 4.78 is 19.0. The second-order valence-electron chi connectivity index (χ2n) is 4.96. The molecule has 0 saturated heterocycles. The summed E-state index contributed by atoms with van der Waals surface area (Å²) in [7, 11) is 0. The molecule has 18 heavy (non-hydrogen) atoms. The second kappa shape index (κ2) is 5.67. The fourth-order valence-electron chi connectivity index (χ4n) is 2.40. The van der Waals surface area contributed by atoms with Crippen LogP contribution in [0.1, 0.15) is 37.7 Å². The fourth-order valence-corrected chi connectivity index (χ4v) is 2.40. The highest BCUT2D eigenvalue weighted by Crippen LogP contribution is 2.30. The van der Waals surface area contributed by atoms with Crippen LogP contribution in [0.5, 0.6) is 5.75 Å². The number of ether oxygens (including phenoxy) is 1. The van der Waals surface area contributed by atoms with Crippen molar-refractivity contribution in [2.24, 2.45) is 0 Å². The molecule has 1 saturated carbocycles. The third kappa shape index (κ3) is 3.00. The Balaban J connectivity index is 2.05. The first-order valence-corrected chi connectivity index (χ1v) is 6.38. The molecular formula is C14H19FO3. The van der Waals surface area contributed by atoms with Crippen LogP contribution in [0.4, 0.5) is 4.39 Å². The summed E-state index contributed by atoms with van der Waals surface area (Å²) in [6.45, 7) is -0.188. The lowest BCUT2D eigenvalue weighted by atomic mass is 9.85. The van der Waals surface area contributed by atoms with Gasteiger partial charge in [-0.1, -0.05) is 31.4 Å². The van der Waals surface area contributed by atoms with Crippen LogP contribution in [0, 0.1) is 5.82 Å². The van der Waals surface area contributed by atoms with Gasteiger partial charge in [0.15, 0.2) is 11.6 Å². The Bertz CT molecular complexity index is 400. The summed E-state index contributed by atoms with van der Waals surface area (Å²) in [5.74, 6) is -0.444. The molecule has 0 unspecified atom stereocenters. The van der Waals surface area contributed by atoms with Crippen LogP contribution >= 0.6 is 0 Å². The molecule has 2 N–H and O–H groups in total. The van der Waals surface area contributed by atoms with E-state index in [2.05, 4.69) is 0 Å². The van der Waals surface area contributed by atoms with E-state index < -0.39 is 11.4 Å². The van der Waals surface area contributed by atoms with Crippen molar-refractivity contribution >= 4 is 0 Å². The van der Waals surface area contributed by atoms with E-state index in [4.69, 9.17) is 9.84 Å². The Labute approximate surface area is 106 Å². The number of rotatable bonds is 4. The maximum atomic E-state index is 13.6. The maximum absolute atomic E-state index is 13.6. The summed E-state index contributed by atoms with van der Waals surface area (Å²) in [5.41, 5.74) is -0.442. The van der Waals surface area contributed by atoms with E-state index >= 15 is 0 Å². The van der Waals surface area contributed by atoms with Crippen molar-refractivity contribution in [1.29, 1.82) is 0 Å². The highest BCUT2D eigenvalue weighted by Gasteiger charge is 2.30. The monoisotopic (exact) mass is 254 g/mol. The molecule has 1 aliphatic carbocycles. The van der Waals surface area contributed by atoms with Crippen LogP contribution in [-0.2, 0) is 6.61 Å². The van der Waals surface area contributed by atoms with Gasteiger partial charge in [0.25, 0.3) is 0 Å². The summed E-state index contributed by atoms with van der Waals surface area (Å²) in [4.78, 5) is 0. The number of benzene rings is 1. The molecule has 1 aliphatic rings. The Hall–Kier alpha value is -1.13. The van der Waals surface area contributed by atoms with E-state index in [1.807, 2.05) is 0 Å². The van der Waals surface area contributed by atoms with Crippen LogP contribution in [0.3, 0.4) is 0 Å². The van der Waals surface area contributed by atoms with Gasteiger partial charge in [0.05, 0.1) is 12.2 Å². The number of halogens is 1. The molecule has 0 heterocycles.